The van der Waals surface area contributed by atoms with Gasteiger partial charge in [0.2, 0.25) is 0 Å². The van der Waals surface area contributed by atoms with E-state index >= 15 is 0 Å². The first kappa shape index (κ1) is 14.4. The minimum Gasteiger partial charge on any atom is -0.352 e. The fraction of sp³-hybridized carbons (Fsp3) is 0.211. The van der Waals surface area contributed by atoms with Crippen LogP contribution in [0.2, 0.25) is 0 Å². The van der Waals surface area contributed by atoms with Crippen molar-refractivity contribution in [1.29, 1.82) is 0 Å². The molecule has 0 fully saturated rings. The lowest BCUT2D eigenvalue weighted by Gasteiger charge is -2.32. The highest BCUT2D eigenvalue weighted by molar-refractivity contribution is 6.07. The van der Waals surface area contributed by atoms with E-state index in [0.717, 1.165) is 22.5 Å². The molecule has 0 radical (unpaired) electrons. The van der Waals surface area contributed by atoms with Crippen LogP contribution in [0.25, 0.3) is 0 Å². The molecule has 1 spiro atoms. The van der Waals surface area contributed by atoms with Crippen LogP contribution in [0.4, 0.5) is 5.69 Å². The molecular weight excluding hydrogens is 316 g/mol. The minimum absolute atomic E-state index is 0.0429. The smallest absolute Gasteiger partial charge is 0.266 e. The van der Waals surface area contributed by atoms with E-state index in [4.69, 9.17) is 4.74 Å². The van der Waals surface area contributed by atoms with Gasteiger partial charge in [-0.3, -0.25) is 4.79 Å². The predicted octanol–water partition coefficient (Wildman–Crippen LogP) is 2.25. The third-order valence-electron chi connectivity index (χ3n) is 4.94. The van der Waals surface area contributed by atoms with Gasteiger partial charge in [-0.25, -0.2) is 4.68 Å². The molecule has 25 heavy (non-hydrogen) atoms. The van der Waals surface area contributed by atoms with E-state index in [0.29, 0.717) is 19.7 Å². The van der Waals surface area contributed by atoms with Gasteiger partial charge in [0.1, 0.15) is 0 Å². The van der Waals surface area contributed by atoms with Crippen LogP contribution in [-0.2, 0) is 34.8 Å². The van der Waals surface area contributed by atoms with Crippen LogP contribution in [0.1, 0.15) is 16.8 Å². The number of nitrogens with zero attached hydrogens (tertiary/aromatic N) is 4. The maximum absolute atomic E-state index is 13.4. The molecule has 1 unspecified atom stereocenters. The van der Waals surface area contributed by atoms with Crippen LogP contribution in [-0.4, -0.2) is 20.9 Å². The van der Waals surface area contributed by atoms with Gasteiger partial charge < -0.3 is 9.64 Å². The van der Waals surface area contributed by atoms with Crippen molar-refractivity contribution in [3.8, 4) is 0 Å². The number of carbonyl (C=O) groups excluding carboxylic acids is 1. The Morgan fingerprint density at radius 1 is 1.08 bits per heavy atom. The average Bonchev–Trinajstić information content (AvgIpc) is 3.21. The van der Waals surface area contributed by atoms with Gasteiger partial charge in [0.25, 0.3) is 5.91 Å². The number of hydrogen-bond acceptors (Lipinski definition) is 4. The largest absolute Gasteiger partial charge is 0.352 e. The van der Waals surface area contributed by atoms with Crippen molar-refractivity contribution in [3.05, 3.63) is 77.6 Å². The molecule has 6 nitrogen and oxygen atoms in total. The molecular formula is C19H16N4O2. The number of fused-ring (bicyclic) bond motifs is 3. The molecule has 124 valence electrons. The maximum Gasteiger partial charge on any atom is 0.266 e. The van der Waals surface area contributed by atoms with Crippen LogP contribution >= 0.6 is 0 Å². The van der Waals surface area contributed by atoms with Gasteiger partial charge in [-0.05, 0) is 11.6 Å². The molecule has 0 N–H and O–H groups in total. The molecule has 2 aromatic carbocycles. The van der Waals surface area contributed by atoms with Gasteiger partial charge in [-0.15, -0.1) is 5.10 Å². The molecule has 2 aliphatic heterocycles. The first-order valence-corrected chi connectivity index (χ1v) is 8.25. The Bertz CT molecular complexity index is 953. The van der Waals surface area contributed by atoms with E-state index < -0.39 is 5.60 Å². The van der Waals surface area contributed by atoms with Crippen LogP contribution in [0.3, 0.4) is 0 Å². The molecule has 3 aromatic rings. The number of anilines is 1. The van der Waals surface area contributed by atoms with Crippen molar-refractivity contribution in [2.75, 3.05) is 4.90 Å². The molecule has 6 heteroatoms. The molecule has 5 rings (SSSR count). The summed E-state index contributed by atoms with van der Waals surface area (Å²) in [5.74, 6) is -0.0429. The number of carbonyl (C=O) groups is 1. The SMILES string of the molecule is O=C1N(Cc2ccccc2)c2ccccc2C12Cn1nncc1CO2. The quantitative estimate of drug-likeness (QED) is 0.722. The topological polar surface area (TPSA) is 60.2 Å². The lowest BCUT2D eigenvalue weighted by molar-refractivity contribution is -0.153. The summed E-state index contributed by atoms with van der Waals surface area (Å²) >= 11 is 0. The summed E-state index contributed by atoms with van der Waals surface area (Å²) in [4.78, 5) is 15.2. The predicted molar refractivity (Wildman–Crippen MR) is 90.6 cm³/mol. The van der Waals surface area contributed by atoms with E-state index in [1.165, 1.54) is 0 Å². The van der Waals surface area contributed by atoms with Crippen LogP contribution in [0.5, 0.6) is 0 Å². The van der Waals surface area contributed by atoms with Crippen molar-refractivity contribution >= 4 is 11.6 Å². The number of ether oxygens (including phenoxy) is 1. The Kier molecular flexibility index (Phi) is 3.02. The monoisotopic (exact) mass is 332 g/mol. The van der Waals surface area contributed by atoms with Crippen molar-refractivity contribution < 1.29 is 9.53 Å². The maximum atomic E-state index is 13.4. The molecule has 0 aliphatic carbocycles. The number of para-hydroxylation sites is 1. The van der Waals surface area contributed by atoms with Gasteiger partial charge in [0.15, 0.2) is 5.60 Å². The van der Waals surface area contributed by atoms with Gasteiger partial charge >= 0.3 is 0 Å². The second kappa shape index (κ2) is 5.26. The fourth-order valence-corrected chi connectivity index (χ4v) is 3.69. The van der Waals surface area contributed by atoms with E-state index in [2.05, 4.69) is 10.3 Å². The summed E-state index contributed by atoms with van der Waals surface area (Å²) in [6.07, 6.45) is 1.68. The summed E-state index contributed by atoms with van der Waals surface area (Å²) < 4.78 is 7.89. The number of benzene rings is 2. The highest BCUT2D eigenvalue weighted by Crippen LogP contribution is 2.46. The molecule has 0 saturated heterocycles. The van der Waals surface area contributed by atoms with E-state index in [9.17, 15) is 4.79 Å². The summed E-state index contributed by atoms with van der Waals surface area (Å²) in [6.45, 7) is 1.20. The van der Waals surface area contributed by atoms with Crippen LogP contribution < -0.4 is 4.90 Å². The zero-order chi connectivity index (χ0) is 16.9. The molecule has 1 atom stereocenters. The summed E-state index contributed by atoms with van der Waals surface area (Å²) in [5.41, 5.74) is 2.75. The third kappa shape index (κ3) is 2.04. The Labute approximate surface area is 144 Å². The Balaban J connectivity index is 1.59. The number of hydrogen-bond donors (Lipinski definition) is 0. The second-order valence-corrected chi connectivity index (χ2v) is 6.39. The molecule has 1 amide bonds. The first-order chi connectivity index (χ1) is 12.3. The van der Waals surface area contributed by atoms with Crippen molar-refractivity contribution in [1.82, 2.24) is 15.0 Å². The lowest BCUT2D eigenvalue weighted by atomic mass is 9.94. The Morgan fingerprint density at radius 2 is 1.88 bits per heavy atom. The van der Waals surface area contributed by atoms with Crippen LogP contribution in [0.15, 0.2) is 60.8 Å². The van der Waals surface area contributed by atoms with E-state index in [-0.39, 0.29) is 5.91 Å². The normalized spacial score (nSPS) is 21.4. The zero-order valence-electron chi connectivity index (χ0n) is 13.5. The van der Waals surface area contributed by atoms with Crippen molar-refractivity contribution in [2.24, 2.45) is 0 Å². The first-order valence-electron chi connectivity index (χ1n) is 8.25. The summed E-state index contributed by atoms with van der Waals surface area (Å²) in [5, 5.41) is 8.04. The Morgan fingerprint density at radius 3 is 2.76 bits per heavy atom. The number of aromatic nitrogens is 3. The second-order valence-electron chi connectivity index (χ2n) is 6.39. The van der Waals surface area contributed by atoms with Gasteiger partial charge in [-0.2, -0.15) is 0 Å². The van der Waals surface area contributed by atoms with E-state index in [1.54, 1.807) is 10.9 Å². The molecule has 1 aromatic heterocycles. The van der Waals surface area contributed by atoms with Gasteiger partial charge in [-0.1, -0.05) is 53.7 Å². The Hall–Kier alpha value is -2.99. The number of rotatable bonds is 2. The van der Waals surface area contributed by atoms with E-state index in [1.807, 2.05) is 59.5 Å². The lowest BCUT2D eigenvalue weighted by Crippen LogP contribution is -2.47. The highest BCUT2D eigenvalue weighted by atomic mass is 16.5. The molecule has 0 bridgehead atoms. The molecule has 0 saturated carbocycles. The van der Waals surface area contributed by atoms with Crippen molar-refractivity contribution in [2.45, 2.75) is 25.3 Å². The minimum atomic E-state index is -1.02. The van der Waals surface area contributed by atoms with Crippen LogP contribution in [0, 0.1) is 0 Å². The average molecular weight is 332 g/mol. The molecule has 2 aliphatic rings. The zero-order valence-corrected chi connectivity index (χ0v) is 13.5. The fourth-order valence-electron chi connectivity index (χ4n) is 3.69. The third-order valence-corrected chi connectivity index (χ3v) is 4.94. The standard InChI is InChI=1S/C19H16N4O2/c24-18-19(13-23-15(12-25-19)10-20-21-23)16-8-4-5-9-17(16)22(18)11-14-6-2-1-3-7-14/h1-10H,11-13H2. The highest BCUT2D eigenvalue weighted by Gasteiger charge is 2.54. The summed E-state index contributed by atoms with van der Waals surface area (Å²) in [6, 6.07) is 17.8. The van der Waals surface area contributed by atoms with Crippen molar-refractivity contribution in [3.63, 3.8) is 0 Å². The molecule has 3 heterocycles. The van der Waals surface area contributed by atoms with Gasteiger partial charge in [0, 0.05) is 5.56 Å². The summed E-state index contributed by atoms with van der Waals surface area (Å²) in [7, 11) is 0. The number of amides is 1. The van der Waals surface area contributed by atoms with Gasteiger partial charge in [0.05, 0.1) is 37.3 Å².